The van der Waals surface area contributed by atoms with Crippen LogP contribution in [0.3, 0.4) is 0 Å². The zero-order valence-corrected chi connectivity index (χ0v) is 18.2. The van der Waals surface area contributed by atoms with E-state index in [1.165, 1.54) is 0 Å². The Morgan fingerprint density at radius 2 is 1.62 bits per heavy atom. The molecule has 0 saturated heterocycles. The molecular weight excluding hydrogens is 408 g/mol. The van der Waals surface area contributed by atoms with Gasteiger partial charge in [-0.15, -0.1) is 0 Å². The van der Waals surface area contributed by atoms with Gasteiger partial charge in [-0.1, -0.05) is 62.4 Å². The Hall–Kier alpha value is -3.35. The molecule has 0 aromatic heterocycles. The number of hydrogen-bond acceptors (Lipinski definition) is 4. The van der Waals surface area contributed by atoms with E-state index < -0.39 is 30.4 Å². The molecule has 2 aromatic carbocycles. The summed E-state index contributed by atoms with van der Waals surface area (Å²) < 4.78 is 5.46. The number of alkyl carbamates (subject to hydrolysis) is 1. The van der Waals surface area contributed by atoms with Gasteiger partial charge in [0.25, 0.3) is 0 Å². The molecule has 1 fully saturated rings. The van der Waals surface area contributed by atoms with Crippen LogP contribution in [0.15, 0.2) is 48.5 Å². The minimum absolute atomic E-state index is 0.0307. The smallest absolute Gasteiger partial charge is 0.407 e. The number of rotatable bonds is 8. The Balaban J connectivity index is 1.38. The largest absolute Gasteiger partial charge is 0.481 e. The maximum atomic E-state index is 12.6. The van der Waals surface area contributed by atoms with Crippen molar-refractivity contribution >= 4 is 18.0 Å². The number of carboxylic acid groups (broad SMARTS) is 1. The average molecular weight is 437 g/mol. The van der Waals surface area contributed by atoms with E-state index >= 15 is 0 Å². The zero-order chi connectivity index (χ0) is 22.8. The molecule has 2 aliphatic carbocycles. The van der Waals surface area contributed by atoms with Crippen LogP contribution in [-0.4, -0.2) is 41.8 Å². The van der Waals surface area contributed by atoms with E-state index in [4.69, 9.17) is 4.74 Å². The predicted molar refractivity (Wildman–Crippen MR) is 119 cm³/mol. The van der Waals surface area contributed by atoms with Crippen LogP contribution in [0.4, 0.5) is 4.79 Å². The quantitative estimate of drug-likeness (QED) is 0.587. The number of aliphatic carboxylic acids is 1. The third-order valence-corrected chi connectivity index (χ3v) is 6.35. The first-order valence-corrected chi connectivity index (χ1v) is 11.0. The van der Waals surface area contributed by atoms with E-state index in [0.29, 0.717) is 11.8 Å². The van der Waals surface area contributed by atoms with Crippen LogP contribution in [0, 0.1) is 11.8 Å². The van der Waals surface area contributed by atoms with Gasteiger partial charge in [0.15, 0.2) is 0 Å². The standard InChI is InChI=1S/C25H28N2O5/c1-14(2)19-11-21(19)26-24(30)22(12-23(28)29)27-25(31)32-13-20-17-9-5-3-7-15(17)16-8-4-6-10-18(16)20/h3-10,14,19-22H,11-13H2,1-2H3,(H,26,30)(H,27,31)(H,28,29)/t19-,21+,22?/m0/s1. The first kappa shape index (κ1) is 21.9. The molecule has 3 atom stereocenters. The number of hydrogen-bond donors (Lipinski definition) is 3. The van der Waals surface area contributed by atoms with Crippen LogP contribution >= 0.6 is 0 Å². The lowest BCUT2D eigenvalue weighted by molar-refractivity contribution is -0.139. The van der Waals surface area contributed by atoms with Crippen LogP contribution in [0.2, 0.25) is 0 Å². The maximum absolute atomic E-state index is 12.6. The summed E-state index contributed by atoms with van der Waals surface area (Å²) in [5, 5.41) is 14.5. The van der Waals surface area contributed by atoms with Crippen molar-refractivity contribution in [2.45, 2.75) is 44.7 Å². The van der Waals surface area contributed by atoms with Crippen molar-refractivity contribution in [1.29, 1.82) is 0 Å². The molecule has 1 unspecified atom stereocenters. The Morgan fingerprint density at radius 1 is 1.03 bits per heavy atom. The number of amides is 2. The fourth-order valence-electron chi connectivity index (χ4n) is 4.57. The molecular formula is C25H28N2O5. The van der Waals surface area contributed by atoms with E-state index in [0.717, 1.165) is 28.7 Å². The molecule has 0 bridgehead atoms. The van der Waals surface area contributed by atoms with Gasteiger partial charge in [-0.3, -0.25) is 9.59 Å². The number of carbonyl (C=O) groups excluding carboxylic acids is 2. The van der Waals surface area contributed by atoms with Gasteiger partial charge in [-0.25, -0.2) is 4.79 Å². The van der Waals surface area contributed by atoms with Gasteiger partial charge in [0.1, 0.15) is 12.6 Å². The van der Waals surface area contributed by atoms with Gasteiger partial charge >= 0.3 is 12.1 Å². The summed E-state index contributed by atoms with van der Waals surface area (Å²) in [6, 6.07) is 14.8. The number of benzene rings is 2. The van der Waals surface area contributed by atoms with Crippen molar-refractivity contribution in [2.24, 2.45) is 11.8 Å². The predicted octanol–water partition coefficient (Wildman–Crippen LogP) is 3.53. The Morgan fingerprint density at radius 3 is 2.16 bits per heavy atom. The Bertz CT molecular complexity index is 989. The summed E-state index contributed by atoms with van der Waals surface area (Å²) in [7, 11) is 0. The topological polar surface area (TPSA) is 105 Å². The summed E-state index contributed by atoms with van der Waals surface area (Å²) in [4.78, 5) is 36.3. The van der Waals surface area contributed by atoms with Gasteiger partial charge in [-0.05, 0) is 40.5 Å². The molecule has 0 spiro atoms. The lowest BCUT2D eigenvalue weighted by atomic mass is 9.98. The van der Waals surface area contributed by atoms with E-state index in [9.17, 15) is 19.5 Å². The second-order valence-corrected chi connectivity index (χ2v) is 8.88. The number of fused-ring (bicyclic) bond motifs is 3. The summed E-state index contributed by atoms with van der Waals surface area (Å²) in [6.07, 6.45) is -0.437. The number of carboxylic acids is 1. The van der Waals surface area contributed by atoms with Crippen LogP contribution in [0.1, 0.15) is 43.7 Å². The summed E-state index contributed by atoms with van der Waals surface area (Å²) >= 11 is 0. The molecule has 32 heavy (non-hydrogen) atoms. The highest BCUT2D eigenvalue weighted by atomic mass is 16.5. The molecule has 2 aliphatic rings. The monoisotopic (exact) mass is 436 g/mol. The fourth-order valence-corrected chi connectivity index (χ4v) is 4.57. The minimum atomic E-state index is -1.18. The van der Waals surface area contributed by atoms with E-state index in [2.05, 4.69) is 24.5 Å². The van der Waals surface area contributed by atoms with E-state index in [-0.39, 0.29) is 18.6 Å². The van der Waals surface area contributed by atoms with Gasteiger partial charge in [-0.2, -0.15) is 0 Å². The highest BCUT2D eigenvalue weighted by Crippen LogP contribution is 2.44. The highest BCUT2D eigenvalue weighted by Gasteiger charge is 2.41. The number of nitrogens with one attached hydrogen (secondary N) is 2. The van der Waals surface area contributed by atoms with Crippen LogP contribution < -0.4 is 10.6 Å². The molecule has 7 nitrogen and oxygen atoms in total. The number of carbonyl (C=O) groups is 3. The zero-order valence-electron chi connectivity index (χ0n) is 18.2. The van der Waals surface area contributed by atoms with Crippen molar-refractivity contribution in [2.75, 3.05) is 6.61 Å². The van der Waals surface area contributed by atoms with Crippen molar-refractivity contribution in [3.8, 4) is 11.1 Å². The van der Waals surface area contributed by atoms with Crippen molar-refractivity contribution in [3.63, 3.8) is 0 Å². The molecule has 2 amide bonds. The maximum Gasteiger partial charge on any atom is 0.407 e. The SMILES string of the molecule is CC(C)[C@@H]1C[C@H]1NC(=O)C(CC(=O)O)NC(=O)OCC1c2ccccc2-c2ccccc21. The van der Waals surface area contributed by atoms with Gasteiger partial charge in [0.2, 0.25) is 5.91 Å². The van der Waals surface area contributed by atoms with Crippen LogP contribution in [0.5, 0.6) is 0 Å². The van der Waals surface area contributed by atoms with Crippen molar-refractivity contribution in [3.05, 3.63) is 59.7 Å². The van der Waals surface area contributed by atoms with E-state index in [1.54, 1.807) is 0 Å². The lowest BCUT2D eigenvalue weighted by Gasteiger charge is -2.19. The van der Waals surface area contributed by atoms with Gasteiger partial charge in [0, 0.05) is 12.0 Å². The lowest BCUT2D eigenvalue weighted by Crippen LogP contribution is -2.49. The summed E-state index contributed by atoms with van der Waals surface area (Å²) in [6.45, 7) is 4.26. The first-order valence-electron chi connectivity index (χ1n) is 11.0. The molecule has 168 valence electrons. The molecule has 0 radical (unpaired) electrons. The second-order valence-electron chi connectivity index (χ2n) is 8.88. The molecule has 0 heterocycles. The molecule has 4 rings (SSSR count). The van der Waals surface area contributed by atoms with E-state index in [1.807, 2.05) is 48.5 Å². The molecule has 7 heteroatoms. The molecule has 2 aromatic rings. The first-order chi connectivity index (χ1) is 15.3. The Labute approximate surface area is 187 Å². The van der Waals surface area contributed by atoms with Crippen molar-refractivity contribution in [1.82, 2.24) is 10.6 Å². The minimum Gasteiger partial charge on any atom is -0.481 e. The average Bonchev–Trinajstić information content (AvgIpc) is 3.46. The second kappa shape index (κ2) is 9.02. The molecule has 3 N–H and O–H groups in total. The molecule has 1 saturated carbocycles. The summed E-state index contributed by atoms with van der Waals surface area (Å²) in [5.74, 6) is -0.945. The molecule has 0 aliphatic heterocycles. The Kier molecular flexibility index (Phi) is 6.17. The fraction of sp³-hybridized carbons (Fsp3) is 0.400. The number of ether oxygens (including phenoxy) is 1. The van der Waals surface area contributed by atoms with Gasteiger partial charge < -0.3 is 20.5 Å². The van der Waals surface area contributed by atoms with Crippen LogP contribution in [-0.2, 0) is 14.3 Å². The third-order valence-electron chi connectivity index (χ3n) is 6.35. The normalized spacial score (nSPS) is 19.6. The highest BCUT2D eigenvalue weighted by molar-refractivity contribution is 5.89. The van der Waals surface area contributed by atoms with Crippen molar-refractivity contribution < 1.29 is 24.2 Å². The van der Waals surface area contributed by atoms with Crippen LogP contribution in [0.25, 0.3) is 11.1 Å². The third kappa shape index (κ3) is 4.61. The van der Waals surface area contributed by atoms with Gasteiger partial charge in [0.05, 0.1) is 6.42 Å². The summed E-state index contributed by atoms with van der Waals surface area (Å²) in [5.41, 5.74) is 4.39.